The summed E-state index contributed by atoms with van der Waals surface area (Å²) in [5, 5.41) is 3.70. The Labute approximate surface area is 120 Å². The fourth-order valence-electron chi connectivity index (χ4n) is 2.35. The lowest BCUT2D eigenvalue weighted by Gasteiger charge is -2.36. The summed E-state index contributed by atoms with van der Waals surface area (Å²) >= 11 is 0. The molecule has 0 spiro atoms. The van der Waals surface area contributed by atoms with Gasteiger partial charge in [-0.25, -0.2) is 0 Å². The van der Waals surface area contributed by atoms with Gasteiger partial charge in [-0.05, 0) is 52.4 Å². The van der Waals surface area contributed by atoms with Crippen molar-refractivity contribution in [3.8, 4) is 0 Å². The lowest BCUT2D eigenvalue weighted by molar-refractivity contribution is 0.0251. The Morgan fingerprint density at radius 1 is 1.16 bits per heavy atom. The number of rotatable bonds is 10. The lowest BCUT2D eigenvalue weighted by atomic mass is 9.80. The predicted molar refractivity (Wildman–Crippen MR) is 83.5 cm³/mol. The quantitative estimate of drug-likeness (QED) is 0.635. The molecule has 1 unspecified atom stereocenters. The molecule has 2 nitrogen and oxygen atoms in total. The van der Waals surface area contributed by atoms with Gasteiger partial charge in [0.1, 0.15) is 0 Å². The first-order chi connectivity index (χ1) is 8.91. The highest BCUT2D eigenvalue weighted by molar-refractivity contribution is 4.84. The molecule has 0 amide bonds. The monoisotopic (exact) mass is 269 g/mol. The van der Waals surface area contributed by atoms with Crippen LogP contribution in [0, 0.1) is 11.3 Å². The van der Waals surface area contributed by atoms with E-state index in [1.807, 2.05) is 0 Å². The highest BCUT2D eigenvalue weighted by Gasteiger charge is 2.30. The minimum Gasteiger partial charge on any atom is -0.381 e. The van der Waals surface area contributed by atoms with Crippen LogP contribution in [0.4, 0.5) is 0 Å². The first kappa shape index (κ1) is 17.0. The highest BCUT2D eigenvalue weighted by Crippen LogP contribution is 2.32. The van der Waals surface area contributed by atoms with Crippen molar-refractivity contribution in [3.63, 3.8) is 0 Å². The van der Waals surface area contributed by atoms with Gasteiger partial charge in [0.15, 0.2) is 0 Å². The van der Waals surface area contributed by atoms with Gasteiger partial charge in [0.2, 0.25) is 0 Å². The first-order valence-electron chi connectivity index (χ1n) is 8.23. The van der Waals surface area contributed by atoms with E-state index in [0.29, 0.717) is 5.41 Å². The van der Waals surface area contributed by atoms with Gasteiger partial charge in [-0.15, -0.1) is 0 Å². The van der Waals surface area contributed by atoms with Crippen molar-refractivity contribution in [1.82, 2.24) is 5.32 Å². The summed E-state index contributed by atoms with van der Waals surface area (Å²) in [6.07, 6.45) is 7.85. The normalized spacial score (nSPS) is 19.4. The highest BCUT2D eigenvalue weighted by atomic mass is 16.5. The van der Waals surface area contributed by atoms with Gasteiger partial charge in [0.25, 0.3) is 0 Å². The molecular weight excluding hydrogens is 234 g/mol. The van der Waals surface area contributed by atoms with E-state index in [0.717, 1.165) is 25.7 Å². The molecule has 1 atom stereocenters. The SMILES string of the molecule is CCCCC(CC)(CNC(C)(C)C)COCC1CC1. The molecule has 0 heterocycles. The second-order valence-electron chi connectivity index (χ2n) is 7.52. The second kappa shape index (κ2) is 7.64. The summed E-state index contributed by atoms with van der Waals surface area (Å²) in [5.41, 5.74) is 0.529. The zero-order valence-electron chi connectivity index (χ0n) is 13.8. The summed E-state index contributed by atoms with van der Waals surface area (Å²) in [6.45, 7) is 14.3. The molecule has 1 rings (SSSR count). The molecule has 2 heteroatoms. The molecule has 1 aliphatic rings. The molecule has 19 heavy (non-hydrogen) atoms. The van der Waals surface area contributed by atoms with Crippen molar-refractivity contribution >= 4 is 0 Å². The molecule has 0 radical (unpaired) electrons. The topological polar surface area (TPSA) is 21.3 Å². The summed E-state index contributed by atoms with van der Waals surface area (Å²) in [6, 6.07) is 0. The molecule has 1 fully saturated rings. The van der Waals surface area contributed by atoms with Crippen LogP contribution >= 0.6 is 0 Å². The average molecular weight is 269 g/mol. The largest absolute Gasteiger partial charge is 0.381 e. The molecular formula is C17H35NO. The maximum atomic E-state index is 6.04. The Bertz CT molecular complexity index is 242. The molecule has 0 aromatic rings. The Morgan fingerprint density at radius 3 is 2.32 bits per heavy atom. The summed E-state index contributed by atoms with van der Waals surface area (Å²) in [7, 11) is 0. The molecule has 0 aliphatic heterocycles. The molecule has 0 bridgehead atoms. The smallest absolute Gasteiger partial charge is 0.0534 e. The van der Waals surface area contributed by atoms with E-state index < -0.39 is 0 Å². The lowest BCUT2D eigenvalue weighted by Crippen LogP contribution is -2.45. The molecule has 0 saturated heterocycles. The molecule has 1 saturated carbocycles. The average Bonchev–Trinajstić information content (AvgIpc) is 3.15. The van der Waals surface area contributed by atoms with Crippen molar-refractivity contribution < 1.29 is 4.74 Å². The van der Waals surface area contributed by atoms with Crippen molar-refractivity contribution in [2.75, 3.05) is 19.8 Å². The fraction of sp³-hybridized carbons (Fsp3) is 1.00. The summed E-state index contributed by atoms with van der Waals surface area (Å²) in [4.78, 5) is 0. The number of ether oxygens (including phenoxy) is 1. The maximum absolute atomic E-state index is 6.04. The van der Waals surface area contributed by atoms with Crippen LogP contribution in [0.15, 0.2) is 0 Å². The van der Waals surface area contributed by atoms with Crippen LogP contribution < -0.4 is 5.32 Å². The van der Waals surface area contributed by atoms with Crippen LogP contribution in [0.3, 0.4) is 0 Å². The van der Waals surface area contributed by atoms with Crippen LogP contribution in [-0.4, -0.2) is 25.3 Å². The van der Waals surface area contributed by atoms with E-state index in [1.165, 1.54) is 38.5 Å². The fourth-order valence-corrected chi connectivity index (χ4v) is 2.35. The van der Waals surface area contributed by atoms with E-state index in [-0.39, 0.29) is 5.54 Å². The molecule has 0 aromatic heterocycles. The van der Waals surface area contributed by atoms with Crippen LogP contribution in [0.1, 0.15) is 73.1 Å². The Morgan fingerprint density at radius 2 is 1.84 bits per heavy atom. The molecule has 1 aliphatic carbocycles. The van der Waals surface area contributed by atoms with Gasteiger partial charge < -0.3 is 10.1 Å². The van der Waals surface area contributed by atoms with Gasteiger partial charge in [-0.1, -0.05) is 26.7 Å². The molecule has 0 aromatic carbocycles. The summed E-state index contributed by atoms with van der Waals surface area (Å²) < 4.78 is 6.04. The van der Waals surface area contributed by atoms with Crippen LogP contribution in [0.5, 0.6) is 0 Å². The predicted octanol–water partition coefficient (Wildman–Crippen LogP) is 4.39. The number of unbranched alkanes of at least 4 members (excludes halogenated alkanes) is 1. The van der Waals surface area contributed by atoms with E-state index in [2.05, 4.69) is 39.9 Å². The van der Waals surface area contributed by atoms with Crippen LogP contribution in [0.25, 0.3) is 0 Å². The number of hydrogen-bond acceptors (Lipinski definition) is 2. The Kier molecular flexibility index (Phi) is 6.82. The van der Waals surface area contributed by atoms with E-state index in [9.17, 15) is 0 Å². The molecule has 1 N–H and O–H groups in total. The first-order valence-corrected chi connectivity index (χ1v) is 8.23. The van der Waals surface area contributed by atoms with Crippen molar-refractivity contribution in [2.24, 2.45) is 11.3 Å². The Balaban J connectivity index is 2.45. The number of nitrogens with one attached hydrogen (secondary N) is 1. The minimum atomic E-state index is 0.198. The second-order valence-corrected chi connectivity index (χ2v) is 7.52. The van der Waals surface area contributed by atoms with Gasteiger partial charge in [0, 0.05) is 24.1 Å². The molecule has 114 valence electrons. The van der Waals surface area contributed by atoms with Gasteiger partial charge >= 0.3 is 0 Å². The van der Waals surface area contributed by atoms with Crippen molar-refractivity contribution in [3.05, 3.63) is 0 Å². The third-order valence-corrected chi connectivity index (χ3v) is 4.26. The van der Waals surface area contributed by atoms with Crippen molar-refractivity contribution in [1.29, 1.82) is 0 Å². The van der Waals surface area contributed by atoms with E-state index in [1.54, 1.807) is 0 Å². The van der Waals surface area contributed by atoms with E-state index >= 15 is 0 Å². The maximum Gasteiger partial charge on any atom is 0.0534 e. The van der Waals surface area contributed by atoms with Gasteiger partial charge in [-0.3, -0.25) is 0 Å². The third-order valence-electron chi connectivity index (χ3n) is 4.26. The third kappa shape index (κ3) is 7.31. The zero-order valence-corrected chi connectivity index (χ0v) is 13.8. The Hall–Kier alpha value is -0.0800. The minimum absolute atomic E-state index is 0.198. The summed E-state index contributed by atoms with van der Waals surface area (Å²) in [5.74, 6) is 0.872. The van der Waals surface area contributed by atoms with Crippen molar-refractivity contribution in [2.45, 2.75) is 78.7 Å². The van der Waals surface area contributed by atoms with Gasteiger partial charge in [0.05, 0.1) is 6.61 Å². The van der Waals surface area contributed by atoms with Gasteiger partial charge in [-0.2, -0.15) is 0 Å². The number of hydrogen-bond donors (Lipinski definition) is 1. The van der Waals surface area contributed by atoms with Crippen LogP contribution in [-0.2, 0) is 4.74 Å². The van der Waals surface area contributed by atoms with Crippen LogP contribution in [0.2, 0.25) is 0 Å². The standard InChI is InChI=1S/C17H35NO/c1-6-8-11-17(7-2,13-18-16(3,4)5)14-19-12-15-9-10-15/h15,18H,6-14H2,1-5H3. The zero-order chi connectivity index (χ0) is 14.4. The van der Waals surface area contributed by atoms with E-state index in [4.69, 9.17) is 4.74 Å².